The summed E-state index contributed by atoms with van der Waals surface area (Å²) in [7, 11) is 2.25. The SMILES string of the molecule is CCCCCC=CCC=CCCCCCCCC(CCCCCCCCCCCC1CCN(C)C1)OC(=O)O. The number of carbonyl (C=O) groups is 1. The average molecular weight is 548 g/mol. The van der Waals surface area contributed by atoms with Gasteiger partial charge in [0.2, 0.25) is 0 Å². The van der Waals surface area contributed by atoms with Crippen LogP contribution in [0.25, 0.3) is 0 Å². The van der Waals surface area contributed by atoms with E-state index in [0.29, 0.717) is 0 Å². The highest BCUT2D eigenvalue weighted by atomic mass is 16.7. The second-order valence-electron chi connectivity index (χ2n) is 12.2. The number of hydrogen-bond donors (Lipinski definition) is 1. The van der Waals surface area contributed by atoms with Gasteiger partial charge in [-0.25, -0.2) is 4.79 Å². The fraction of sp³-hybridized carbons (Fsp3) is 0.857. The van der Waals surface area contributed by atoms with Crippen LogP contribution in [0, 0.1) is 5.92 Å². The third-order valence-corrected chi connectivity index (χ3v) is 8.37. The second kappa shape index (κ2) is 26.9. The minimum Gasteiger partial charge on any atom is -0.450 e. The van der Waals surface area contributed by atoms with Gasteiger partial charge in [0.05, 0.1) is 0 Å². The first-order valence-corrected chi connectivity index (χ1v) is 17.0. The number of likely N-dealkylation sites (tertiary alicyclic amines) is 1. The number of hydrogen-bond acceptors (Lipinski definition) is 3. The van der Waals surface area contributed by atoms with Gasteiger partial charge in [0.1, 0.15) is 6.10 Å². The highest BCUT2D eigenvalue weighted by molar-refractivity contribution is 5.57. The predicted octanol–water partition coefficient (Wildman–Crippen LogP) is 11.1. The summed E-state index contributed by atoms with van der Waals surface area (Å²) in [5.74, 6) is 0.957. The minimum absolute atomic E-state index is 0.111. The van der Waals surface area contributed by atoms with Crippen molar-refractivity contribution in [2.24, 2.45) is 5.92 Å². The van der Waals surface area contributed by atoms with Gasteiger partial charge in [0, 0.05) is 6.54 Å². The molecule has 1 fully saturated rings. The van der Waals surface area contributed by atoms with Crippen LogP contribution >= 0.6 is 0 Å². The van der Waals surface area contributed by atoms with Gasteiger partial charge in [-0.05, 0) is 90.1 Å². The van der Waals surface area contributed by atoms with Crippen molar-refractivity contribution in [3.63, 3.8) is 0 Å². The molecule has 1 saturated heterocycles. The van der Waals surface area contributed by atoms with E-state index in [1.807, 2.05) is 0 Å². The van der Waals surface area contributed by atoms with Crippen LogP contribution in [-0.4, -0.2) is 42.4 Å². The summed E-state index contributed by atoms with van der Waals surface area (Å²) >= 11 is 0. The van der Waals surface area contributed by atoms with E-state index in [2.05, 4.69) is 43.2 Å². The zero-order valence-electron chi connectivity index (χ0n) is 26.1. The number of carboxylic acid groups (broad SMARTS) is 1. The molecule has 0 aromatic rings. The fourth-order valence-electron chi connectivity index (χ4n) is 5.89. The lowest BCUT2D eigenvalue weighted by molar-refractivity contribution is 0.0422. The highest BCUT2D eigenvalue weighted by Crippen LogP contribution is 2.22. The molecule has 0 saturated carbocycles. The van der Waals surface area contributed by atoms with Crippen LogP contribution in [0.15, 0.2) is 24.3 Å². The van der Waals surface area contributed by atoms with E-state index >= 15 is 0 Å². The van der Waals surface area contributed by atoms with E-state index in [9.17, 15) is 4.79 Å². The molecule has 0 amide bonds. The third-order valence-electron chi connectivity index (χ3n) is 8.37. The Labute approximate surface area is 243 Å². The van der Waals surface area contributed by atoms with E-state index in [0.717, 1.165) is 38.0 Å². The minimum atomic E-state index is -1.11. The average Bonchev–Trinajstić information content (AvgIpc) is 3.33. The van der Waals surface area contributed by atoms with Crippen LogP contribution < -0.4 is 0 Å². The lowest BCUT2D eigenvalue weighted by Gasteiger charge is -2.16. The van der Waals surface area contributed by atoms with Crippen molar-refractivity contribution in [3.8, 4) is 0 Å². The topological polar surface area (TPSA) is 49.8 Å². The van der Waals surface area contributed by atoms with Gasteiger partial charge in [-0.15, -0.1) is 0 Å². The number of unbranched alkanes of at least 4 members (excludes halogenated alkanes) is 16. The number of rotatable bonds is 27. The van der Waals surface area contributed by atoms with Crippen molar-refractivity contribution in [2.75, 3.05) is 20.1 Å². The Morgan fingerprint density at radius 2 is 1.28 bits per heavy atom. The molecular formula is C35H65NO3. The Kier molecular flexibility index (Phi) is 24.7. The molecule has 4 nitrogen and oxygen atoms in total. The van der Waals surface area contributed by atoms with Gasteiger partial charge in [-0.2, -0.15) is 0 Å². The van der Waals surface area contributed by atoms with Crippen molar-refractivity contribution in [1.82, 2.24) is 4.90 Å². The normalized spacial score (nSPS) is 17.0. The van der Waals surface area contributed by atoms with Gasteiger partial charge >= 0.3 is 6.16 Å². The molecule has 1 aliphatic heterocycles. The molecule has 0 bridgehead atoms. The van der Waals surface area contributed by atoms with E-state index in [-0.39, 0.29) is 6.10 Å². The number of nitrogens with zero attached hydrogens (tertiary/aromatic N) is 1. The first-order valence-electron chi connectivity index (χ1n) is 17.0. The van der Waals surface area contributed by atoms with Gasteiger partial charge in [-0.3, -0.25) is 0 Å². The molecule has 0 aromatic carbocycles. The summed E-state index contributed by atoms with van der Waals surface area (Å²) in [6.45, 7) is 4.86. The summed E-state index contributed by atoms with van der Waals surface area (Å²) in [5, 5.41) is 9.11. The molecule has 4 heteroatoms. The Balaban J connectivity index is 1.90. The maximum absolute atomic E-state index is 11.1. The van der Waals surface area contributed by atoms with Crippen LogP contribution in [0.5, 0.6) is 0 Å². The van der Waals surface area contributed by atoms with Crippen LogP contribution in [0.3, 0.4) is 0 Å². The molecule has 1 rings (SSSR count). The van der Waals surface area contributed by atoms with Crippen LogP contribution in [0.2, 0.25) is 0 Å². The Bertz CT molecular complexity index is 603. The monoisotopic (exact) mass is 547 g/mol. The fourth-order valence-corrected chi connectivity index (χ4v) is 5.89. The number of allylic oxidation sites excluding steroid dienone is 4. The van der Waals surface area contributed by atoms with E-state index in [1.54, 1.807) is 0 Å². The quantitative estimate of drug-likeness (QED) is 0.0631. The maximum Gasteiger partial charge on any atom is 0.506 e. The van der Waals surface area contributed by atoms with Crippen LogP contribution in [0.1, 0.15) is 161 Å². The molecule has 0 spiro atoms. The molecule has 1 heterocycles. The van der Waals surface area contributed by atoms with Crippen molar-refractivity contribution in [2.45, 2.75) is 167 Å². The van der Waals surface area contributed by atoms with Crippen LogP contribution in [-0.2, 0) is 4.74 Å². The summed E-state index contributed by atoms with van der Waals surface area (Å²) in [6, 6.07) is 0. The van der Waals surface area contributed by atoms with Crippen molar-refractivity contribution in [1.29, 1.82) is 0 Å². The van der Waals surface area contributed by atoms with Crippen molar-refractivity contribution >= 4 is 6.16 Å². The van der Waals surface area contributed by atoms with Crippen molar-refractivity contribution in [3.05, 3.63) is 24.3 Å². The molecule has 2 atom stereocenters. The standard InChI is InChI=1S/C35H65NO3/c1-3-4-5-6-7-8-9-10-11-12-13-16-19-22-25-28-34(39-35(37)38)29-26-23-20-17-14-15-18-21-24-27-33-30-31-36(2)32-33/h7-8,10-11,33-34H,3-6,9,12-32H2,1-2H3,(H,37,38). The molecule has 1 N–H and O–H groups in total. The summed E-state index contributed by atoms with van der Waals surface area (Å²) < 4.78 is 5.19. The lowest BCUT2D eigenvalue weighted by Crippen LogP contribution is -2.16. The lowest BCUT2D eigenvalue weighted by atomic mass is 9.99. The van der Waals surface area contributed by atoms with Crippen molar-refractivity contribution < 1.29 is 14.6 Å². The summed E-state index contributed by atoms with van der Waals surface area (Å²) in [6.07, 6.45) is 37.9. The molecule has 0 aliphatic carbocycles. The highest BCUT2D eigenvalue weighted by Gasteiger charge is 2.18. The van der Waals surface area contributed by atoms with E-state index in [4.69, 9.17) is 9.84 Å². The summed E-state index contributed by atoms with van der Waals surface area (Å²) in [5.41, 5.74) is 0. The second-order valence-corrected chi connectivity index (χ2v) is 12.2. The molecular weight excluding hydrogens is 482 g/mol. The third kappa shape index (κ3) is 24.2. The molecule has 1 aliphatic rings. The van der Waals surface area contributed by atoms with Crippen LogP contribution in [0.4, 0.5) is 4.79 Å². The molecule has 228 valence electrons. The van der Waals surface area contributed by atoms with Gasteiger partial charge in [0.15, 0.2) is 0 Å². The van der Waals surface area contributed by atoms with Gasteiger partial charge < -0.3 is 14.7 Å². The van der Waals surface area contributed by atoms with E-state index < -0.39 is 6.16 Å². The maximum atomic E-state index is 11.1. The van der Waals surface area contributed by atoms with Gasteiger partial charge in [-0.1, -0.05) is 115 Å². The first-order chi connectivity index (χ1) is 19.1. The zero-order valence-corrected chi connectivity index (χ0v) is 26.1. The smallest absolute Gasteiger partial charge is 0.450 e. The Morgan fingerprint density at radius 1 is 0.769 bits per heavy atom. The van der Waals surface area contributed by atoms with E-state index in [1.165, 1.54) is 135 Å². The predicted molar refractivity (Wildman–Crippen MR) is 169 cm³/mol. The summed E-state index contributed by atoms with van der Waals surface area (Å²) in [4.78, 5) is 13.6. The molecule has 0 aromatic heterocycles. The largest absolute Gasteiger partial charge is 0.506 e. The first kappa shape index (κ1) is 35.7. The molecule has 39 heavy (non-hydrogen) atoms. The molecule has 2 unspecified atom stereocenters. The Hall–Kier alpha value is -1.29. The molecule has 0 radical (unpaired) electrons. The number of ether oxygens (including phenoxy) is 1. The zero-order chi connectivity index (χ0) is 28.2. The van der Waals surface area contributed by atoms with Gasteiger partial charge in [0.25, 0.3) is 0 Å². The Morgan fingerprint density at radius 3 is 1.79 bits per heavy atom.